The monoisotopic (exact) mass is 247 g/mol. The Morgan fingerprint density at radius 1 is 1.24 bits per heavy atom. The van der Waals surface area contributed by atoms with Gasteiger partial charge in [-0.3, -0.25) is 0 Å². The van der Waals surface area contributed by atoms with Crippen LogP contribution in [0.1, 0.15) is 19.3 Å². The minimum Gasteiger partial charge on any atom is -0.491 e. The van der Waals surface area contributed by atoms with Gasteiger partial charge in [-0.25, -0.2) is 4.39 Å². The lowest BCUT2D eigenvalue weighted by atomic mass is 9.80. The molecule has 1 aliphatic carbocycles. The summed E-state index contributed by atoms with van der Waals surface area (Å²) in [7, 11) is 0. The maximum absolute atomic E-state index is 13.2. The first-order valence-electron chi connectivity index (χ1n) is 5.59. The van der Waals surface area contributed by atoms with Gasteiger partial charge in [-0.05, 0) is 24.5 Å². The highest BCUT2D eigenvalue weighted by molar-refractivity contribution is 6.73. The van der Waals surface area contributed by atoms with E-state index >= 15 is 0 Å². The largest absolute Gasteiger partial charge is 0.509 e. The van der Waals surface area contributed by atoms with E-state index < -0.39 is 18.3 Å². The molecule has 17 heavy (non-hydrogen) atoms. The van der Waals surface area contributed by atoms with Crippen LogP contribution in [0.15, 0.2) is 18.2 Å². The second-order valence-electron chi connectivity index (χ2n) is 4.35. The Bertz CT molecular complexity index is 401. The molecule has 1 aromatic rings. The van der Waals surface area contributed by atoms with Crippen molar-refractivity contribution in [2.45, 2.75) is 19.3 Å². The van der Waals surface area contributed by atoms with Gasteiger partial charge in [-0.15, -0.1) is 5.46 Å². The summed E-state index contributed by atoms with van der Waals surface area (Å²) in [5.41, 5.74) is -0.826. The van der Waals surface area contributed by atoms with E-state index in [0.717, 1.165) is 37.5 Å². The number of ether oxygens (including phenoxy) is 1. The van der Waals surface area contributed by atoms with Crippen LogP contribution in [0.25, 0.3) is 0 Å². The Balaban J connectivity index is 2.03. The normalized spacial score (nSPS) is 16.0. The van der Waals surface area contributed by atoms with E-state index in [4.69, 9.17) is 4.74 Å². The summed E-state index contributed by atoms with van der Waals surface area (Å²) < 4.78 is 55.6. The molecule has 1 nitrogen and oxygen atoms in total. The van der Waals surface area contributed by atoms with Gasteiger partial charge < -0.3 is 17.7 Å². The average molecular weight is 247 g/mol. The van der Waals surface area contributed by atoms with Gasteiger partial charge in [0, 0.05) is 0 Å². The maximum atomic E-state index is 13.2. The smallest absolute Gasteiger partial charge is 0.491 e. The van der Waals surface area contributed by atoms with Crippen molar-refractivity contribution in [1.82, 2.24) is 0 Å². The lowest BCUT2D eigenvalue weighted by Crippen LogP contribution is -2.34. The van der Waals surface area contributed by atoms with Crippen molar-refractivity contribution in [2.75, 3.05) is 6.61 Å². The van der Waals surface area contributed by atoms with Crippen LogP contribution in [-0.2, 0) is 0 Å². The van der Waals surface area contributed by atoms with E-state index in [9.17, 15) is 17.3 Å². The maximum Gasteiger partial charge on any atom is 0.509 e. The van der Waals surface area contributed by atoms with Gasteiger partial charge in [-0.2, -0.15) is 0 Å². The third-order valence-corrected chi connectivity index (χ3v) is 2.81. The molecule has 0 aliphatic heterocycles. The van der Waals surface area contributed by atoms with E-state index in [0.29, 0.717) is 5.92 Å². The summed E-state index contributed by atoms with van der Waals surface area (Å²) in [4.78, 5) is 0. The molecule has 1 aliphatic rings. The summed E-state index contributed by atoms with van der Waals surface area (Å²) in [6.07, 6.45) is 3.05. The molecule has 6 heteroatoms. The zero-order valence-electron chi connectivity index (χ0n) is 9.14. The fourth-order valence-electron chi connectivity index (χ4n) is 1.58. The number of rotatable bonds is 5. The van der Waals surface area contributed by atoms with Crippen molar-refractivity contribution in [3.05, 3.63) is 24.0 Å². The molecule has 0 unspecified atom stereocenters. The minimum absolute atomic E-state index is 0.274. The van der Waals surface area contributed by atoms with Crippen LogP contribution in [0.3, 0.4) is 0 Å². The van der Waals surface area contributed by atoms with Crippen molar-refractivity contribution in [3.8, 4) is 5.75 Å². The fourth-order valence-corrected chi connectivity index (χ4v) is 1.58. The first kappa shape index (κ1) is 12.3. The van der Waals surface area contributed by atoms with Gasteiger partial charge in [0.05, 0.1) is 6.61 Å². The van der Waals surface area contributed by atoms with Crippen LogP contribution in [0.4, 0.5) is 17.3 Å². The molecule has 0 spiro atoms. The van der Waals surface area contributed by atoms with Crippen LogP contribution >= 0.6 is 0 Å². The molecule has 0 aromatic heterocycles. The zero-order valence-corrected chi connectivity index (χ0v) is 9.14. The van der Waals surface area contributed by atoms with Crippen molar-refractivity contribution >= 4 is 12.4 Å². The quantitative estimate of drug-likeness (QED) is 0.573. The van der Waals surface area contributed by atoms with Crippen molar-refractivity contribution in [3.63, 3.8) is 0 Å². The molecule has 1 aromatic carbocycles. The van der Waals surface area contributed by atoms with Crippen LogP contribution in [0.2, 0.25) is 0 Å². The molecule has 0 saturated heterocycles. The molecule has 0 atom stereocenters. The molecule has 94 valence electrons. The molecular weight excluding hydrogens is 235 g/mol. The van der Waals surface area contributed by atoms with E-state index in [1.165, 1.54) is 0 Å². The van der Waals surface area contributed by atoms with Crippen molar-refractivity contribution in [2.24, 2.45) is 5.92 Å². The van der Waals surface area contributed by atoms with Crippen molar-refractivity contribution in [1.29, 1.82) is 0 Å². The highest BCUT2D eigenvalue weighted by Crippen LogP contribution is 2.32. The lowest BCUT2D eigenvalue weighted by Gasteiger charge is -2.16. The number of hydrogen-bond acceptors (Lipinski definition) is 1. The number of hydrogen-bond donors (Lipinski definition) is 0. The Morgan fingerprint density at radius 2 is 1.94 bits per heavy atom. The predicted octanol–water partition coefficient (Wildman–Crippen LogP) is 3.06. The predicted molar refractivity (Wildman–Crippen MR) is 57.9 cm³/mol. The number of benzene rings is 1. The molecule has 0 radical (unpaired) electrons. The van der Waals surface area contributed by atoms with Gasteiger partial charge in [0.2, 0.25) is 0 Å². The van der Waals surface area contributed by atoms with E-state index in [1.807, 2.05) is 0 Å². The second kappa shape index (κ2) is 4.59. The topological polar surface area (TPSA) is 9.23 Å². The lowest BCUT2D eigenvalue weighted by molar-refractivity contribution is 0.288. The van der Waals surface area contributed by atoms with Crippen LogP contribution in [0, 0.1) is 11.7 Å². The molecule has 1 saturated carbocycles. The standard InChI is InChI=1S/C11H12BF4O/c13-10-4-3-9(12(14,15)16)7-11(10)17-6-5-8-1-2-8/h3-4,7-8H,1-2,5-6H2/q-1. The van der Waals surface area contributed by atoms with E-state index in [1.54, 1.807) is 0 Å². The van der Waals surface area contributed by atoms with Crippen molar-refractivity contribution < 1.29 is 22.1 Å². The molecule has 1 fully saturated rings. The summed E-state index contributed by atoms with van der Waals surface area (Å²) >= 11 is 0. The first-order chi connectivity index (χ1) is 7.97. The summed E-state index contributed by atoms with van der Waals surface area (Å²) in [6.45, 7) is -4.83. The molecule has 0 N–H and O–H groups in total. The zero-order chi connectivity index (χ0) is 12.5. The van der Waals surface area contributed by atoms with E-state index in [-0.39, 0.29) is 12.4 Å². The molecular formula is C11H12BF4O-. The summed E-state index contributed by atoms with van der Waals surface area (Å²) in [5, 5.41) is 0. The van der Waals surface area contributed by atoms with Gasteiger partial charge in [-0.1, -0.05) is 18.9 Å². The Labute approximate surface area is 96.8 Å². The first-order valence-corrected chi connectivity index (χ1v) is 5.59. The Morgan fingerprint density at radius 3 is 2.53 bits per heavy atom. The van der Waals surface area contributed by atoms with Crippen LogP contribution in [0.5, 0.6) is 5.75 Å². The summed E-state index contributed by atoms with van der Waals surface area (Å²) in [6, 6.07) is 2.28. The molecule has 0 amide bonds. The average Bonchev–Trinajstić information content (AvgIpc) is 3.03. The van der Waals surface area contributed by atoms with Crippen LogP contribution in [-0.4, -0.2) is 13.6 Å². The summed E-state index contributed by atoms with van der Waals surface area (Å²) in [5.74, 6) is -0.444. The number of halogens is 4. The minimum atomic E-state index is -5.11. The van der Waals surface area contributed by atoms with E-state index in [2.05, 4.69) is 0 Å². The third-order valence-electron chi connectivity index (χ3n) is 2.81. The molecule has 2 rings (SSSR count). The second-order valence-corrected chi connectivity index (χ2v) is 4.35. The third kappa shape index (κ3) is 3.38. The SMILES string of the molecule is Fc1ccc([B-](F)(F)F)cc1OCCC1CC1. The Kier molecular flexibility index (Phi) is 3.31. The van der Waals surface area contributed by atoms with Gasteiger partial charge in [0.25, 0.3) is 0 Å². The van der Waals surface area contributed by atoms with Gasteiger partial charge in [0.15, 0.2) is 11.6 Å². The van der Waals surface area contributed by atoms with Gasteiger partial charge >= 0.3 is 6.98 Å². The highest BCUT2D eigenvalue weighted by Gasteiger charge is 2.26. The molecule has 0 bridgehead atoms. The highest BCUT2D eigenvalue weighted by atomic mass is 19.4. The Hall–Kier alpha value is -1.20. The van der Waals surface area contributed by atoms with Crippen LogP contribution < -0.4 is 10.2 Å². The van der Waals surface area contributed by atoms with Gasteiger partial charge in [0.1, 0.15) is 0 Å². The molecule has 0 heterocycles. The fraction of sp³-hybridized carbons (Fsp3) is 0.455.